The first-order valence-electron chi connectivity index (χ1n) is 1.14. The van der Waals surface area contributed by atoms with Gasteiger partial charge in [0.15, 0.2) is 6.11 Å². The van der Waals surface area contributed by atoms with Crippen LogP contribution in [0, 0.1) is 11.5 Å². The second-order valence-corrected chi connectivity index (χ2v) is 0.606. The highest BCUT2D eigenvalue weighted by Crippen LogP contribution is 1.66. The van der Waals surface area contributed by atoms with Gasteiger partial charge in [0.05, 0.1) is 5.38 Å². The molecule has 0 amide bonds. The summed E-state index contributed by atoms with van der Waals surface area (Å²) in [6.45, 7) is 2.96. The van der Waals surface area contributed by atoms with E-state index in [0.717, 1.165) is 0 Å². The van der Waals surface area contributed by atoms with E-state index in [-0.39, 0.29) is 0 Å². The molecule has 0 aliphatic rings. The maximum Gasteiger partial charge on any atom is 0.166 e. The maximum atomic E-state index is 4.81. The number of oxime groups is 1. The summed E-state index contributed by atoms with van der Waals surface area (Å²) in [5.41, 5.74) is 0. The van der Waals surface area contributed by atoms with Crippen molar-refractivity contribution in [2.45, 2.75) is 0 Å². The van der Waals surface area contributed by atoms with Crippen LogP contribution in [0.5, 0.6) is 0 Å². The average molecular weight is 104 g/mol. The van der Waals surface area contributed by atoms with E-state index in [0.29, 0.717) is 0 Å². The van der Waals surface area contributed by atoms with Gasteiger partial charge in [0.2, 0.25) is 0 Å². The third-order valence-electron chi connectivity index (χ3n) is 0.149. The van der Waals surface area contributed by atoms with E-state index >= 15 is 0 Å². The first-order chi connectivity index (χ1) is 2.91. The largest absolute Gasteiger partial charge is 0.303 e. The normalized spacial score (nSPS) is 4.83. The number of hydrogen-bond donors (Lipinski definition) is 0. The molecule has 0 aliphatic carbocycles. The SMILES string of the molecule is C=NOC#CCl. The van der Waals surface area contributed by atoms with Gasteiger partial charge in [-0.25, -0.2) is 0 Å². The molecule has 6 heavy (non-hydrogen) atoms. The van der Waals surface area contributed by atoms with Crippen LogP contribution in [0.3, 0.4) is 0 Å². The molecule has 0 unspecified atom stereocenters. The number of halogens is 1. The highest BCUT2D eigenvalue weighted by atomic mass is 35.5. The Morgan fingerprint density at radius 3 is 2.67 bits per heavy atom. The van der Waals surface area contributed by atoms with Gasteiger partial charge in [-0.3, -0.25) is 0 Å². The van der Waals surface area contributed by atoms with Gasteiger partial charge in [-0.2, -0.15) is 0 Å². The molecule has 0 N–H and O–H groups in total. The molecular formula is C3H2ClNO. The Labute approximate surface area is 40.7 Å². The van der Waals surface area contributed by atoms with Crippen LogP contribution in [-0.2, 0) is 4.84 Å². The lowest BCUT2D eigenvalue weighted by atomic mass is 11.3. The molecule has 0 saturated heterocycles. The van der Waals surface area contributed by atoms with Gasteiger partial charge in [-0.15, -0.1) is 0 Å². The summed E-state index contributed by atoms with van der Waals surface area (Å²) in [4.78, 5) is 4.00. The predicted octanol–water partition coefficient (Wildman–Crippen LogP) is 0.776. The second kappa shape index (κ2) is 4.32. The van der Waals surface area contributed by atoms with E-state index in [2.05, 4.69) is 16.7 Å². The van der Waals surface area contributed by atoms with E-state index in [4.69, 9.17) is 11.6 Å². The molecule has 0 aromatic carbocycles. The van der Waals surface area contributed by atoms with Crippen molar-refractivity contribution in [3.8, 4) is 11.5 Å². The minimum absolute atomic E-state index is 1.93. The Kier molecular flexibility index (Phi) is 3.83. The fourth-order valence-corrected chi connectivity index (χ4v) is 0.0840. The van der Waals surface area contributed by atoms with Crippen LogP contribution < -0.4 is 0 Å². The van der Waals surface area contributed by atoms with Crippen LogP contribution >= 0.6 is 11.6 Å². The molecule has 0 spiro atoms. The summed E-state index contributed by atoms with van der Waals surface area (Å²) in [6, 6.07) is 0. The van der Waals surface area contributed by atoms with E-state index in [1.54, 1.807) is 0 Å². The Hall–Kier alpha value is -0.680. The fourth-order valence-electron chi connectivity index (χ4n) is 0.0495. The van der Waals surface area contributed by atoms with Crippen molar-refractivity contribution in [2.24, 2.45) is 5.16 Å². The van der Waals surface area contributed by atoms with Crippen molar-refractivity contribution in [3.63, 3.8) is 0 Å². The van der Waals surface area contributed by atoms with Gasteiger partial charge in [0.25, 0.3) is 0 Å². The molecule has 2 nitrogen and oxygen atoms in total. The van der Waals surface area contributed by atoms with Gasteiger partial charge >= 0.3 is 0 Å². The van der Waals surface area contributed by atoms with Crippen LogP contribution in [0.4, 0.5) is 0 Å². The molecule has 0 aromatic heterocycles. The Balaban J connectivity index is 3.00. The van der Waals surface area contributed by atoms with Crippen molar-refractivity contribution in [1.82, 2.24) is 0 Å². The van der Waals surface area contributed by atoms with Crippen molar-refractivity contribution in [2.75, 3.05) is 0 Å². The monoisotopic (exact) mass is 103 g/mol. The summed E-state index contributed by atoms with van der Waals surface area (Å²) >= 11 is 4.81. The van der Waals surface area contributed by atoms with Crippen LogP contribution in [0.2, 0.25) is 0 Å². The second-order valence-electron chi connectivity index (χ2n) is 0.417. The zero-order valence-electron chi connectivity index (χ0n) is 2.94. The van der Waals surface area contributed by atoms with Crippen LogP contribution in [0.25, 0.3) is 0 Å². The number of nitrogens with zero attached hydrogens (tertiary/aromatic N) is 1. The molecule has 0 fully saturated rings. The summed E-state index contributed by atoms with van der Waals surface area (Å²) in [6.07, 6.45) is 1.98. The number of hydrogen-bond acceptors (Lipinski definition) is 2. The van der Waals surface area contributed by atoms with E-state index in [9.17, 15) is 0 Å². The third-order valence-corrected chi connectivity index (χ3v) is 0.226. The highest BCUT2D eigenvalue weighted by molar-refractivity contribution is 6.30. The van der Waals surface area contributed by atoms with Crippen molar-refractivity contribution in [3.05, 3.63) is 0 Å². The molecular weight excluding hydrogens is 101 g/mol. The fraction of sp³-hybridized carbons (Fsp3) is 0. The highest BCUT2D eigenvalue weighted by Gasteiger charge is 1.53. The summed E-state index contributed by atoms with van der Waals surface area (Å²) in [5, 5.41) is 4.85. The van der Waals surface area contributed by atoms with Crippen molar-refractivity contribution in [1.29, 1.82) is 0 Å². The molecule has 0 atom stereocenters. The Morgan fingerprint density at radius 1 is 1.83 bits per heavy atom. The molecule has 0 radical (unpaired) electrons. The Bertz CT molecular complexity index is 90.7. The first kappa shape index (κ1) is 5.32. The van der Waals surface area contributed by atoms with Gasteiger partial charge in [0.1, 0.15) is 0 Å². The smallest absolute Gasteiger partial charge is 0.166 e. The predicted molar refractivity (Wildman–Crippen MR) is 24.3 cm³/mol. The van der Waals surface area contributed by atoms with Gasteiger partial charge in [-0.05, 0) is 11.6 Å². The average Bonchev–Trinajstić information content (AvgIpc) is 1.61. The van der Waals surface area contributed by atoms with Gasteiger partial charge in [0, 0.05) is 6.72 Å². The van der Waals surface area contributed by atoms with Crippen LogP contribution in [0.1, 0.15) is 0 Å². The van der Waals surface area contributed by atoms with Crippen LogP contribution in [-0.4, -0.2) is 6.72 Å². The lowest BCUT2D eigenvalue weighted by Crippen LogP contribution is -1.57. The van der Waals surface area contributed by atoms with Gasteiger partial charge in [-0.1, -0.05) is 5.16 Å². The van der Waals surface area contributed by atoms with E-state index in [1.807, 2.05) is 11.5 Å². The van der Waals surface area contributed by atoms with Crippen molar-refractivity contribution >= 4 is 18.3 Å². The third kappa shape index (κ3) is 3.32. The number of rotatable bonds is 1. The molecule has 0 aromatic rings. The first-order valence-corrected chi connectivity index (χ1v) is 1.52. The van der Waals surface area contributed by atoms with Crippen LogP contribution in [0.15, 0.2) is 5.16 Å². The summed E-state index contributed by atoms with van der Waals surface area (Å²) in [5.74, 6) is 0. The molecule has 0 heterocycles. The van der Waals surface area contributed by atoms with E-state index in [1.165, 1.54) is 0 Å². The molecule has 0 aliphatic heterocycles. The standard InChI is InChI=1S/C3H2ClNO/c1-5-6-3-2-4/h1H2. The summed E-state index contributed by atoms with van der Waals surface area (Å²) < 4.78 is 0. The lowest BCUT2D eigenvalue weighted by molar-refractivity contribution is 0.303. The quantitative estimate of drug-likeness (QED) is 0.273. The minimum Gasteiger partial charge on any atom is -0.303 e. The zero-order chi connectivity index (χ0) is 4.83. The zero-order valence-corrected chi connectivity index (χ0v) is 3.70. The van der Waals surface area contributed by atoms with Crippen molar-refractivity contribution < 1.29 is 4.84 Å². The minimum atomic E-state index is 1.93. The topological polar surface area (TPSA) is 21.6 Å². The van der Waals surface area contributed by atoms with E-state index < -0.39 is 0 Å². The molecule has 0 rings (SSSR count). The summed E-state index contributed by atoms with van der Waals surface area (Å²) in [7, 11) is 0. The maximum absolute atomic E-state index is 4.81. The molecule has 32 valence electrons. The Morgan fingerprint density at radius 2 is 2.50 bits per heavy atom. The van der Waals surface area contributed by atoms with Gasteiger partial charge < -0.3 is 4.84 Å². The molecule has 0 bridgehead atoms. The molecule has 3 heteroatoms. The molecule has 0 saturated carbocycles. The lowest BCUT2D eigenvalue weighted by Gasteiger charge is -1.69.